The van der Waals surface area contributed by atoms with Gasteiger partial charge in [0, 0.05) is 30.9 Å². The molecule has 1 aromatic rings. The van der Waals surface area contributed by atoms with Gasteiger partial charge >= 0.3 is 0 Å². The zero-order chi connectivity index (χ0) is 16.4. The summed E-state index contributed by atoms with van der Waals surface area (Å²) in [6.07, 6.45) is 3.76. The number of hydrogen-bond donors (Lipinski definition) is 0. The molecule has 0 radical (unpaired) electrons. The van der Waals surface area contributed by atoms with E-state index >= 15 is 0 Å². The summed E-state index contributed by atoms with van der Waals surface area (Å²) in [5.41, 5.74) is 0.854. The topological polar surface area (TPSA) is 56.2 Å². The van der Waals surface area contributed by atoms with Gasteiger partial charge in [-0.3, -0.25) is 0 Å². The van der Waals surface area contributed by atoms with Crippen LogP contribution in [0.2, 0.25) is 0 Å². The van der Waals surface area contributed by atoms with E-state index < -0.39 is 5.79 Å². The quantitative estimate of drug-likeness (QED) is 0.575. The molecular weight excluding hydrogens is 369 g/mol. The first kappa shape index (κ1) is 16.0. The van der Waals surface area contributed by atoms with Gasteiger partial charge in [-0.25, -0.2) is 9.37 Å². The van der Waals surface area contributed by atoms with E-state index in [4.69, 9.17) is 14.3 Å². The molecule has 0 saturated carbocycles. The second-order valence-corrected chi connectivity index (χ2v) is 6.68. The van der Waals surface area contributed by atoms with Crippen molar-refractivity contribution in [2.24, 2.45) is 5.16 Å². The number of aromatic nitrogens is 1. The average Bonchev–Trinajstić information content (AvgIpc) is 2.77. The summed E-state index contributed by atoms with van der Waals surface area (Å²) in [5, 5.41) is 4.04. The third kappa shape index (κ3) is 3.93. The van der Waals surface area contributed by atoms with E-state index in [0.717, 1.165) is 11.5 Å². The lowest BCUT2D eigenvalue weighted by molar-refractivity contribution is -0.118. The fraction of sp³-hybridized carbons (Fsp3) is 0.467. The highest BCUT2D eigenvalue weighted by molar-refractivity contribution is 9.10. The molecule has 0 atom stereocenters. The maximum atomic E-state index is 13.8. The van der Waals surface area contributed by atoms with Gasteiger partial charge in [-0.1, -0.05) is 5.16 Å². The van der Waals surface area contributed by atoms with Crippen molar-refractivity contribution in [3.63, 3.8) is 0 Å². The van der Waals surface area contributed by atoms with Crippen LogP contribution in [-0.4, -0.2) is 36.2 Å². The molecule has 1 aromatic heterocycles. The van der Waals surface area contributed by atoms with Crippen LogP contribution in [0.5, 0.6) is 0 Å². The van der Waals surface area contributed by atoms with Crippen molar-refractivity contribution in [2.45, 2.75) is 26.1 Å². The molecule has 8 heteroatoms. The lowest BCUT2D eigenvalue weighted by Crippen LogP contribution is -2.48. The maximum absolute atomic E-state index is 13.8. The second-order valence-electron chi connectivity index (χ2n) is 5.76. The summed E-state index contributed by atoms with van der Waals surface area (Å²) in [6, 6.07) is 1.40. The van der Waals surface area contributed by atoms with Gasteiger partial charge in [0.1, 0.15) is 18.6 Å². The molecule has 0 aromatic carbocycles. The Hall–Kier alpha value is -1.83. The van der Waals surface area contributed by atoms with Gasteiger partial charge in [-0.2, -0.15) is 0 Å². The first-order chi connectivity index (χ1) is 10.9. The summed E-state index contributed by atoms with van der Waals surface area (Å²) in [6.45, 7) is 5.12. The average molecular weight is 386 g/mol. The number of nitrogens with zero attached hydrogens (tertiary/aromatic N) is 3. The summed E-state index contributed by atoms with van der Waals surface area (Å²) >= 11 is 3.19. The van der Waals surface area contributed by atoms with Crippen LogP contribution in [0.15, 0.2) is 33.9 Å². The first-order valence-corrected chi connectivity index (χ1v) is 8.02. The highest BCUT2D eigenvalue weighted by atomic mass is 79.9. The second kappa shape index (κ2) is 6.35. The van der Waals surface area contributed by atoms with Crippen molar-refractivity contribution >= 4 is 27.5 Å². The Bertz CT molecular complexity index is 655. The van der Waals surface area contributed by atoms with Crippen molar-refractivity contribution in [1.29, 1.82) is 0 Å². The Morgan fingerprint density at radius 2 is 2.26 bits per heavy atom. The number of pyridine rings is 1. The number of ether oxygens (including phenoxy) is 2. The molecule has 2 aliphatic heterocycles. The van der Waals surface area contributed by atoms with Crippen LogP contribution in [-0.2, 0) is 14.3 Å². The molecule has 124 valence electrons. The number of halogens is 2. The molecular formula is C15H17BrFN3O3. The molecule has 0 amide bonds. The summed E-state index contributed by atoms with van der Waals surface area (Å²) < 4.78 is 25.2. The third-order valence-corrected chi connectivity index (χ3v) is 3.75. The van der Waals surface area contributed by atoms with Gasteiger partial charge in [-0.15, -0.1) is 0 Å². The molecule has 0 N–H and O–H groups in total. The van der Waals surface area contributed by atoms with Crippen LogP contribution < -0.4 is 4.90 Å². The van der Waals surface area contributed by atoms with Gasteiger partial charge in [0.2, 0.25) is 5.79 Å². The molecule has 0 unspecified atom stereocenters. The van der Waals surface area contributed by atoms with Crippen LogP contribution in [0.3, 0.4) is 0 Å². The van der Waals surface area contributed by atoms with E-state index in [-0.39, 0.29) is 5.82 Å². The predicted octanol–water partition coefficient (Wildman–Crippen LogP) is 3.19. The number of anilines is 1. The summed E-state index contributed by atoms with van der Waals surface area (Å²) in [4.78, 5) is 11.1. The fourth-order valence-electron chi connectivity index (χ4n) is 2.21. The predicted molar refractivity (Wildman–Crippen MR) is 86.4 cm³/mol. The molecule has 3 heterocycles. The Kier molecular flexibility index (Phi) is 4.43. The van der Waals surface area contributed by atoms with Crippen molar-refractivity contribution in [3.8, 4) is 0 Å². The Labute approximate surface area is 142 Å². The lowest BCUT2D eigenvalue weighted by atomic mass is 10.2. The van der Waals surface area contributed by atoms with Crippen LogP contribution in [0.4, 0.5) is 10.2 Å². The van der Waals surface area contributed by atoms with Gasteiger partial charge in [0.25, 0.3) is 0 Å². The standard InChI is InChI=1S/C15H17BrFN3O3/c1-15(2)21-9-12(23-15)3-4-22-19-11-7-20(8-11)14-13(17)5-10(16)6-18-14/h5-6,9H,3-4,7-8H2,1-2H3. The third-order valence-electron chi connectivity index (χ3n) is 3.32. The van der Waals surface area contributed by atoms with Gasteiger partial charge in [0.15, 0.2) is 11.6 Å². The van der Waals surface area contributed by atoms with Gasteiger partial charge in [0.05, 0.1) is 18.8 Å². The normalized spacial score (nSPS) is 18.7. The zero-order valence-corrected chi connectivity index (χ0v) is 14.5. The van der Waals surface area contributed by atoms with Gasteiger partial charge < -0.3 is 19.2 Å². The smallest absolute Gasteiger partial charge is 0.244 e. The minimum absolute atomic E-state index is 0.330. The van der Waals surface area contributed by atoms with Crippen molar-refractivity contribution < 1.29 is 18.7 Å². The Balaban J connectivity index is 1.40. The molecule has 2 aliphatic rings. The van der Waals surface area contributed by atoms with E-state index in [1.807, 2.05) is 13.8 Å². The van der Waals surface area contributed by atoms with Crippen LogP contribution in [0.25, 0.3) is 0 Å². The highest BCUT2D eigenvalue weighted by Gasteiger charge is 2.28. The molecule has 0 spiro atoms. The summed E-state index contributed by atoms with van der Waals surface area (Å²) in [5.74, 6) is 0.118. The largest absolute Gasteiger partial charge is 0.457 e. The molecule has 0 aliphatic carbocycles. The van der Waals surface area contributed by atoms with Crippen molar-refractivity contribution in [1.82, 2.24) is 4.98 Å². The molecule has 1 fully saturated rings. The van der Waals surface area contributed by atoms with Crippen LogP contribution >= 0.6 is 15.9 Å². The summed E-state index contributed by atoms with van der Waals surface area (Å²) in [7, 11) is 0. The Morgan fingerprint density at radius 3 is 2.91 bits per heavy atom. The van der Waals surface area contributed by atoms with E-state index in [2.05, 4.69) is 26.1 Å². The van der Waals surface area contributed by atoms with E-state index in [1.54, 1.807) is 17.4 Å². The maximum Gasteiger partial charge on any atom is 0.244 e. The minimum Gasteiger partial charge on any atom is -0.457 e. The molecule has 6 nitrogen and oxygen atoms in total. The fourth-order valence-corrected chi connectivity index (χ4v) is 2.51. The number of oxime groups is 1. The van der Waals surface area contributed by atoms with Crippen molar-refractivity contribution in [2.75, 3.05) is 24.6 Å². The first-order valence-electron chi connectivity index (χ1n) is 7.22. The number of rotatable bonds is 5. The molecule has 3 rings (SSSR count). The Morgan fingerprint density at radius 1 is 1.48 bits per heavy atom. The van der Waals surface area contributed by atoms with Crippen molar-refractivity contribution in [3.05, 3.63) is 34.6 Å². The highest BCUT2D eigenvalue weighted by Crippen LogP contribution is 2.26. The number of hydrogen-bond acceptors (Lipinski definition) is 6. The lowest BCUT2D eigenvalue weighted by Gasteiger charge is -2.33. The van der Waals surface area contributed by atoms with Crippen LogP contribution in [0, 0.1) is 5.82 Å². The SMILES string of the molecule is CC1(C)OC=C(CCON=C2CN(c3ncc(Br)cc3F)C2)O1. The molecule has 0 bridgehead atoms. The minimum atomic E-state index is -0.600. The zero-order valence-electron chi connectivity index (χ0n) is 12.9. The van der Waals surface area contributed by atoms with Gasteiger partial charge in [-0.05, 0) is 22.0 Å². The van der Waals surface area contributed by atoms with E-state index in [1.165, 1.54) is 6.07 Å². The van der Waals surface area contributed by atoms with Crippen LogP contribution in [0.1, 0.15) is 20.3 Å². The van der Waals surface area contributed by atoms with E-state index in [0.29, 0.717) is 36.4 Å². The van der Waals surface area contributed by atoms with E-state index in [9.17, 15) is 4.39 Å². The monoisotopic (exact) mass is 385 g/mol. The molecule has 1 saturated heterocycles. The molecule has 23 heavy (non-hydrogen) atoms.